The number of ketones is 2. The van der Waals surface area contributed by atoms with E-state index in [2.05, 4.69) is 10.6 Å². The fourth-order valence-corrected chi connectivity index (χ4v) is 7.14. The summed E-state index contributed by atoms with van der Waals surface area (Å²) in [5, 5.41) is 101. The van der Waals surface area contributed by atoms with E-state index in [1.165, 1.54) is 44.1 Å². The lowest BCUT2D eigenvalue weighted by atomic mass is 9.54. The Hall–Kier alpha value is -3.45. The highest BCUT2D eigenvalue weighted by Gasteiger charge is 2.66. The zero-order valence-corrected chi connectivity index (χ0v) is 24.6. The number of carbonyl (C=O) groups is 3. The Morgan fingerprint density at radius 2 is 1.76 bits per heavy atom. The molecule has 1 aromatic rings. The number of aromatic hydroxyl groups is 1. The number of benzene rings is 1. The quantitative estimate of drug-likeness (QED) is 0.107. The summed E-state index contributed by atoms with van der Waals surface area (Å²) in [6.45, 7) is 0.104. The van der Waals surface area contributed by atoms with Gasteiger partial charge in [-0.25, -0.2) is 0 Å². The number of Topliss-reactive ketones (excluding diaryl/α,β-unsaturated/α-hetero) is 2. The molecule has 11 N–H and O–H groups in total. The second kappa shape index (κ2) is 11.4. The number of ether oxygens (including phenoxy) is 1. The van der Waals surface area contributed by atoms with Gasteiger partial charge in [-0.05, 0) is 39.1 Å². The molecule has 2 fully saturated rings. The molecule has 0 radical (unpaired) electrons. The van der Waals surface area contributed by atoms with Gasteiger partial charge in [-0.2, -0.15) is 0 Å². The summed E-state index contributed by atoms with van der Waals surface area (Å²) >= 11 is 0. The topological polar surface area (TPSA) is 270 Å². The van der Waals surface area contributed by atoms with E-state index in [4.69, 9.17) is 4.74 Å². The van der Waals surface area contributed by atoms with Gasteiger partial charge in [0.25, 0.3) is 5.91 Å². The van der Waals surface area contributed by atoms with Crippen LogP contribution in [0.3, 0.4) is 0 Å². The molecule has 4 aliphatic rings. The van der Waals surface area contributed by atoms with E-state index in [1.807, 2.05) is 0 Å². The van der Waals surface area contributed by atoms with Gasteiger partial charge in [0.05, 0.1) is 36.5 Å². The van der Waals surface area contributed by atoms with Crippen LogP contribution in [0.25, 0.3) is 5.76 Å². The molecule has 1 saturated carbocycles. The van der Waals surface area contributed by atoms with Crippen LogP contribution in [0.4, 0.5) is 0 Å². The molecule has 1 heterocycles. The minimum atomic E-state index is -2.91. The molecule has 45 heavy (non-hydrogen) atoms. The number of amides is 1. The number of hydrogen-bond donors (Lipinski definition) is 11. The third-order valence-electron chi connectivity index (χ3n) is 9.49. The van der Waals surface area contributed by atoms with Crippen molar-refractivity contribution in [1.82, 2.24) is 15.5 Å². The van der Waals surface area contributed by atoms with Crippen LogP contribution < -0.4 is 10.6 Å². The Bertz CT molecular complexity index is 1490. The fourth-order valence-electron chi connectivity index (χ4n) is 7.14. The monoisotopic (exact) mass is 635 g/mol. The van der Waals surface area contributed by atoms with Crippen LogP contribution in [0.5, 0.6) is 5.75 Å². The Labute approximate surface area is 256 Å². The highest BCUT2D eigenvalue weighted by molar-refractivity contribution is 6.25. The second-order valence-electron chi connectivity index (χ2n) is 12.2. The number of likely N-dealkylation sites (N-methyl/N-ethyl adjacent to an activating group) is 1. The van der Waals surface area contributed by atoms with Crippen LogP contribution in [0, 0.1) is 11.8 Å². The van der Waals surface area contributed by atoms with E-state index in [0.29, 0.717) is 0 Å². The van der Waals surface area contributed by atoms with Crippen molar-refractivity contribution < 1.29 is 65.1 Å². The van der Waals surface area contributed by atoms with E-state index in [9.17, 15) is 60.3 Å². The minimum Gasteiger partial charge on any atom is -0.508 e. The Kier molecular flexibility index (Phi) is 8.35. The first-order valence-electron chi connectivity index (χ1n) is 14.2. The average Bonchev–Trinajstić information content (AvgIpc) is 2.97. The normalized spacial score (nSPS) is 38.2. The predicted molar refractivity (Wildman–Crippen MR) is 151 cm³/mol. The third-order valence-corrected chi connectivity index (χ3v) is 9.49. The molecule has 246 valence electrons. The van der Waals surface area contributed by atoms with Crippen molar-refractivity contribution in [3.8, 4) is 5.75 Å². The molecule has 1 aromatic carbocycles. The van der Waals surface area contributed by atoms with Gasteiger partial charge in [-0.1, -0.05) is 12.1 Å². The molecular formula is C29H37N3O13. The molecule has 3 aliphatic carbocycles. The average molecular weight is 636 g/mol. The maximum Gasteiger partial charge on any atom is 0.259 e. The molecule has 0 unspecified atom stereocenters. The first-order valence-corrected chi connectivity index (χ1v) is 14.2. The van der Waals surface area contributed by atoms with Crippen LogP contribution in [0.2, 0.25) is 0 Å². The van der Waals surface area contributed by atoms with Crippen molar-refractivity contribution in [3.05, 3.63) is 46.2 Å². The fraction of sp³-hybridized carbons (Fsp3) is 0.552. The molecule has 16 heteroatoms. The number of aliphatic hydroxyl groups is 8. The number of hydrogen-bond acceptors (Lipinski definition) is 15. The zero-order chi connectivity index (χ0) is 33.3. The molecule has 0 aromatic heterocycles. The Balaban J connectivity index is 1.50. The molecule has 1 aliphatic heterocycles. The standard InChI is InChI=1S/C29H37N3O13/c1-28(43)10-5-4-6-13(34)15(10)21(36)16-11(28)7-12-19(32(2)3)22(37)17(25(40)29(12,44)24(16)39)26(41)31-9-30-18-23(38)20(35)14(8-33)45-27(18)42/h4-6,11-12,14,18-20,23,27,30,33-36,38,40,42-44H,7-9H2,1-3H3,(H,31,41)/t11-,12-,14-,18-,19+,20-,23-,27+,28-,29+/m0/s1. The lowest BCUT2D eigenvalue weighted by Gasteiger charge is -2.53. The number of nitrogens with one attached hydrogen (secondary N) is 2. The largest absolute Gasteiger partial charge is 0.508 e. The summed E-state index contributed by atoms with van der Waals surface area (Å²) in [5.74, 6) is -8.49. The maximum atomic E-state index is 14.1. The smallest absolute Gasteiger partial charge is 0.259 e. The molecule has 1 saturated heterocycles. The van der Waals surface area contributed by atoms with Crippen molar-refractivity contribution in [1.29, 1.82) is 0 Å². The highest BCUT2D eigenvalue weighted by Crippen LogP contribution is 2.57. The van der Waals surface area contributed by atoms with E-state index in [1.54, 1.807) is 0 Å². The van der Waals surface area contributed by atoms with Gasteiger partial charge >= 0.3 is 0 Å². The Morgan fingerprint density at radius 1 is 1.09 bits per heavy atom. The Morgan fingerprint density at radius 3 is 2.38 bits per heavy atom. The van der Waals surface area contributed by atoms with Gasteiger partial charge in [0, 0.05) is 17.4 Å². The highest BCUT2D eigenvalue weighted by atomic mass is 16.6. The lowest BCUT2D eigenvalue weighted by Crippen LogP contribution is -2.67. The van der Waals surface area contributed by atoms with Gasteiger partial charge in [0.1, 0.15) is 41.2 Å². The first-order chi connectivity index (χ1) is 21.0. The van der Waals surface area contributed by atoms with Gasteiger partial charge in [0.2, 0.25) is 5.78 Å². The summed E-state index contributed by atoms with van der Waals surface area (Å²) in [6.07, 6.45) is -6.52. The number of nitrogens with zero attached hydrogens (tertiary/aromatic N) is 1. The molecule has 0 spiro atoms. The van der Waals surface area contributed by atoms with Crippen molar-refractivity contribution in [2.24, 2.45) is 11.8 Å². The van der Waals surface area contributed by atoms with Gasteiger partial charge in [-0.15, -0.1) is 0 Å². The van der Waals surface area contributed by atoms with E-state index < -0.39 is 119 Å². The van der Waals surface area contributed by atoms with Crippen LogP contribution >= 0.6 is 0 Å². The number of carbonyl (C=O) groups excluding carboxylic acids is 3. The number of aliphatic hydroxyl groups excluding tert-OH is 6. The number of rotatable bonds is 6. The minimum absolute atomic E-state index is 0.112. The SMILES string of the molecule is CN(C)[C@H]1C(=O)C(C(=O)NCN[C@H]2[C@H](O)[C@@H](O)[C@H](CO)O[C@H]2O)=C(O)[C@]2(O)C(=O)C3=C(O)c4c(O)cccc4[C@](C)(O)[C@H]3C[C@@H]12. The molecular weight excluding hydrogens is 598 g/mol. The van der Waals surface area contributed by atoms with E-state index >= 15 is 0 Å². The summed E-state index contributed by atoms with van der Waals surface area (Å²) in [6, 6.07) is 1.41. The van der Waals surface area contributed by atoms with Crippen molar-refractivity contribution in [3.63, 3.8) is 0 Å². The van der Waals surface area contributed by atoms with E-state index in [0.717, 1.165) is 0 Å². The predicted octanol–water partition coefficient (Wildman–Crippen LogP) is -3.39. The summed E-state index contributed by atoms with van der Waals surface area (Å²) < 4.78 is 5.04. The van der Waals surface area contributed by atoms with Crippen LogP contribution in [0.15, 0.2) is 35.1 Å². The van der Waals surface area contributed by atoms with Crippen LogP contribution in [-0.4, -0.2) is 138 Å². The number of fused-ring (bicyclic) bond motifs is 3. The van der Waals surface area contributed by atoms with E-state index in [-0.39, 0.29) is 17.5 Å². The van der Waals surface area contributed by atoms with Gasteiger partial charge in [-0.3, -0.25) is 24.6 Å². The zero-order valence-electron chi connectivity index (χ0n) is 24.6. The van der Waals surface area contributed by atoms with Crippen molar-refractivity contribution in [2.45, 2.75) is 61.2 Å². The van der Waals surface area contributed by atoms with Crippen LogP contribution in [0.1, 0.15) is 24.5 Å². The summed E-state index contributed by atoms with van der Waals surface area (Å²) in [7, 11) is 2.91. The van der Waals surface area contributed by atoms with Crippen molar-refractivity contribution >= 4 is 23.2 Å². The molecule has 0 bridgehead atoms. The number of phenolic OH excluding ortho intramolecular Hbond substituents is 1. The second-order valence-corrected chi connectivity index (χ2v) is 12.2. The summed E-state index contributed by atoms with van der Waals surface area (Å²) in [5.41, 5.74) is -6.35. The van der Waals surface area contributed by atoms with Gasteiger partial charge < -0.3 is 56.0 Å². The van der Waals surface area contributed by atoms with Crippen LogP contribution in [-0.2, 0) is 24.7 Å². The maximum absolute atomic E-state index is 14.1. The van der Waals surface area contributed by atoms with Crippen molar-refractivity contribution in [2.75, 3.05) is 27.4 Å². The molecule has 1 amide bonds. The molecule has 16 nitrogen and oxygen atoms in total. The molecule has 5 rings (SSSR count). The lowest BCUT2D eigenvalue weighted by molar-refractivity contribution is -0.254. The van der Waals surface area contributed by atoms with Gasteiger partial charge in [0.15, 0.2) is 17.7 Å². The molecule has 10 atom stereocenters. The number of phenols is 1. The third kappa shape index (κ3) is 4.76. The summed E-state index contributed by atoms with van der Waals surface area (Å²) in [4.78, 5) is 42.6. The first kappa shape index (κ1) is 32.9.